The fourth-order valence-electron chi connectivity index (χ4n) is 2.67. The molecule has 3 rings (SSSR count). The first-order chi connectivity index (χ1) is 9.42. The second-order valence-electron chi connectivity index (χ2n) is 4.59. The highest BCUT2D eigenvalue weighted by Crippen LogP contribution is 2.42. The molecule has 1 saturated heterocycles. The van der Waals surface area contributed by atoms with E-state index in [9.17, 15) is 13.2 Å². The Balaban J connectivity index is 2.01. The van der Waals surface area contributed by atoms with Crippen LogP contribution >= 0.6 is 0 Å². The second kappa shape index (κ2) is 4.41. The Labute approximate surface area is 114 Å². The van der Waals surface area contributed by atoms with Gasteiger partial charge in [0.2, 0.25) is 0 Å². The first kappa shape index (κ1) is 13.3. The number of hydrogen-bond donors (Lipinski definition) is 3. The molecule has 3 N–H and O–H groups in total. The zero-order valence-electron chi connectivity index (χ0n) is 10.5. The van der Waals surface area contributed by atoms with Gasteiger partial charge in [-0.2, -0.15) is 18.6 Å². The van der Waals surface area contributed by atoms with Crippen molar-refractivity contribution in [3.63, 3.8) is 0 Å². The summed E-state index contributed by atoms with van der Waals surface area (Å²) in [5.41, 5.74) is 1.40. The summed E-state index contributed by atoms with van der Waals surface area (Å²) in [6, 6.07) is -1.53. The molecule has 2 atom stereocenters. The molecule has 2 bridgehead atoms. The number of urea groups is 1. The molecule has 20 heavy (non-hydrogen) atoms. The lowest BCUT2D eigenvalue weighted by atomic mass is 9.98. The van der Waals surface area contributed by atoms with Crippen molar-refractivity contribution < 1.29 is 22.0 Å². The van der Waals surface area contributed by atoms with Gasteiger partial charge in [-0.3, -0.25) is 9.65 Å². The van der Waals surface area contributed by atoms with Crippen LogP contribution in [-0.4, -0.2) is 59.3 Å². The number of likely N-dealkylation sites (N-methyl/N-ethyl adjacent to an activating group) is 1. The van der Waals surface area contributed by atoms with Crippen molar-refractivity contribution >= 4 is 16.4 Å². The number of carbonyl (C=O) groups excluding carboxylic acids is 1. The maximum Gasteiger partial charge on any atom is 0.418 e. The van der Waals surface area contributed by atoms with Crippen LogP contribution in [0.2, 0.25) is 0 Å². The van der Waals surface area contributed by atoms with Crippen molar-refractivity contribution in [2.45, 2.75) is 12.1 Å². The third-order valence-electron chi connectivity index (χ3n) is 3.43. The van der Waals surface area contributed by atoms with E-state index in [1.165, 1.54) is 11.1 Å². The number of H-pyrrole nitrogens is 1. The Morgan fingerprint density at radius 2 is 2.40 bits per heavy atom. The molecular formula is C9H13N5O5S. The molecule has 0 aliphatic carbocycles. The lowest BCUT2D eigenvalue weighted by Gasteiger charge is -2.29. The van der Waals surface area contributed by atoms with Crippen molar-refractivity contribution in [2.75, 3.05) is 20.1 Å². The molecule has 0 spiro atoms. The summed E-state index contributed by atoms with van der Waals surface area (Å²) >= 11 is 0. The summed E-state index contributed by atoms with van der Waals surface area (Å²) in [7, 11) is -3.02. The monoisotopic (exact) mass is 303 g/mol. The summed E-state index contributed by atoms with van der Waals surface area (Å²) in [6.45, 7) is 0.751. The molecule has 10 nitrogen and oxygen atoms in total. The Hall–Kier alpha value is -1.69. The Kier molecular flexibility index (Phi) is 2.93. The predicted octanol–water partition coefficient (Wildman–Crippen LogP) is -0.803. The lowest BCUT2D eigenvalue weighted by Crippen LogP contribution is -2.39. The lowest BCUT2D eigenvalue weighted by molar-refractivity contribution is -0.0317. The Morgan fingerprint density at radius 1 is 1.65 bits per heavy atom. The van der Waals surface area contributed by atoms with Crippen molar-refractivity contribution in [3.05, 3.63) is 17.5 Å². The average Bonchev–Trinajstić information content (AvgIpc) is 2.92. The van der Waals surface area contributed by atoms with Gasteiger partial charge in [0.15, 0.2) is 0 Å². The van der Waals surface area contributed by atoms with Crippen LogP contribution in [0.3, 0.4) is 0 Å². The van der Waals surface area contributed by atoms with Crippen molar-refractivity contribution in [1.82, 2.24) is 25.5 Å². The Morgan fingerprint density at radius 3 is 3.05 bits per heavy atom. The largest absolute Gasteiger partial charge is 0.418 e. The summed E-state index contributed by atoms with van der Waals surface area (Å²) in [5.74, 6) is 0. The third-order valence-corrected chi connectivity index (χ3v) is 3.78. The number of aromatic nitrogens is 2. The molecule has 1 fully saturated rings. The number of nitrogens with one attached hydrogen (secondary N) is 2. The van der Waals surface area contributed by atoms with E-state index in [0.717, 1.165) is 5.69 Å². The SMILES string of the molecule is CNC[C@@H]1c2[nH]ncc2[C@H]2CN1C(=O)N2OS(=O)(=O)O. The van der Waals surface area contributed by atoms with Gasteiger partial charge in [0, 0.05) is 12.1 Å². The average molecular weight is 303 g/mol. The predicted molar refractivity (Wildman–Crippen MR) is 64.6 cm³/mol. The van der Waals surface area contributed by atoms with Crippen molar-refractivity contribution in [2.24, 2.45) is 0 Å². The number of aromatic amines is 1. The molecule has 0 saturated carbocycles. The van der Waals surface area contributed by atoms with Gasteiger partial charge in [-0.15, -0.1) is 4.28 Å². The minimum absolute atomic E-state index is 0.271. The quantitative estimate of drug-likeness (QED) is 0.621. The van der Waals surface area contributed by atoms with Crippen LogP contribution in [0.15, 0.2) is 6.20 Å². The van der Waals surface area contributed by atoms with E-state index in [0.29, 0.717) is 17.2 Å². The van der Waals surface area contributed by atoms with Crippen LogP contribution < -0.4 is 5.32 Å². The summed E-state index contributed by atoms with van der Waals surface area (Å²) in [6.07, 6.45) is 1.53. The van der Waals surface area contributed by atoms with Gasteiger partial charge >= 0.3 is 16.4 Å². The van der Waals surface area contributed by atoms with E-state index in [1.807, 2.05) is 0 Å². The van der Waals surface area contributed by atoms with Gasteiger partial charge in [0.1, 0.15) is 6.04 Å². The molecule has 11 heteroatoms. The first-order valence-corrected chi connectivity index (χ1v) is 7.23. The zero-order valence-corrected chi connectivity index (χ0v) is 11.3. The second-order valence-corrected chi connectivity index (χ2v) is 5.60. The van der Waals surface area contributed by atoms with Crippen molar-refractivity contribution in [3.8, 4) is 0 Å². The number of fused-ring (bicyclic) bond motifs is 4. The minimum atomic E-state index is -4.76. The van der Waals surface area contributed by atoms with E-state index in [1.54, 1.807) is 7.05 Å². The van der Waals surface area contributed by atoms with Crippen LogP contribution in [0.5, 0.6) is 0 Å². The molecule has 3 heterocycles. The first-order valence-electron chi connectivity index (χ1n) is 5.87. The standard InChI is InChI=1S/C9H13N5O5S/c1-10-3-6-8-5(2-11-12-8)7-4-13(6)9(15)14(7)19-20(16,17)18/h2,6-7,10H,3-4H2,1H3,(H,11,12)(H,16,17,18)/t6-,7-/m1/s1. The number of hydrogen-bond acceptors (Lipinski definition) is 6. The fraction of sp³-hybridized carbons (Fsp3) is 0.556. The van der Waals surface area contributed by atoms with Crippen LogP contribution in [0.1, 0.15) is 23.3 Å². The number of rotatable bonds is 4. The van der Waals surface area contributed by atoms with Crippen LogP contribution in [0.4, 0.5) is 4.79 Å². The van der Waals surface area contributed by atoms with Crippen LogP contribution in [-0.2, 0) is 14.7 Å². The highest BCUT2D eigenvalue weighted by molar-refractivity contribution is 7.80. The maximum absolute atomic E-state index is 12.2. The molecule has 0 aromatic carbocycles. The Bertz CT molecular complexity index is 643. The van der Waals surface area contributed by atoms with E-state index in [-0.39, 0.29) is 12.6 Å². The van der Waals surface area contributed by atoms with Gasteiger partial charge in [0.25, 0.3) is 0 Å². The molecule has 1 aromatic heterocycles. The number of nitrogens with zero attached hydrogens (tertiary/aromatic N) is 3. The number of hydroxylamine groups is 2. The van der Waals surface area contributed by atoms with E-state index in [4.69, 9.17) is 4.55 Å². The third kappa shape index (κ3) is 1.95. The number of carbonyl (C=O) groups is 1. The van der Waals surface area contributed by atoms with Gasteiger partial charge in [-0.25, -0.2) is 4.79 Å². The van der Waals surface area contributed by atoms with Gasteiger partial charge in [0.05, 0.1) is 24.5 Å². The summed E-state index contributed by atoms with van der Waals surface area (Å²) < 4.78 is 34.9. The van der Waals surface area contributed by atoms with Crippen LogP contribution in [0, 0.1) is 0 Å². The number of amides is 2. The maximum atomic E-state index is 12.2. The summed E-state index contributed by atoms with van der Waals surface area (Å²) in [4.78, 5) is 13.7. The van der Waals surface area contributed by atoms with Crippen molar-refractivity contribution in [1.29, 1.82) is 0 Å². The highest BCUT2D eigenvalue weighted by atomic mass is 32.3. The molecule has 1 aromatic rings. The molecule has 2 aliphatic rings. The minimum Gasteiger partial charge on any atom is -0.317 e. The van der Waals surface area contributed by atoms with Gasteiger partial charge in [-0.05, 0) is 7.05 Å². The molecule has 0 radical (unpaired) electrons. The fourth-order valence-corrected chi connectivity index (χ4v) is 3.04. The molecule has 0 unspecified atom stereocenters. The summed E-state index contributed by atoms with van der Waals surface area (Å²) in [5, 5.41) is 10.4. The highest BCUT2D eigenvalue weighted by Gasteiger charge is 2.50. The smallest absolute Gasteiger partial charge is 0.317 e. The molecule has 2 amide bonds. The molecule has 2 aliphatic heterocycles. The van der Waals surface area contributed by atoms with Gasteiger partial charge in [-0.1, -0.05) is 0 Å². The van der Waals surface area contributed by atoms with Crippen LogP contribution in [0.25, 0.3) is 0 Å². The molecular weight excluding hydrogens is 290 g/mol. The van der Waals surface area contributed by atoms with E-state index in [2.05, 4.69) is 19.8 Å². The molecule has 110 valence electrons. The van der Waals surface area contributed by atoms with Gasteiger partial charge < -0.3 is 10.2 Å². The topological polar surface area (TPSA) is 128 Å². The van der Waals surface area contributed by atoms with E-state index < -0.39 is 22.5 Å². The normalized spacial score (nSPS) is 25.2. The van der Waals surface area contributed by atoms with E-state index >= 15 is 0 Å². The zero-order chi connectivity index (χ0) is 14.5.